The second kappa shape index (κ2) is 5.31. The third-order valence-corrected chi connectivity index (χ3v) is 4.02. The molecule has 0 N–H and O–H groups in total. The standard InChI is InChI=1S/C14H26O2/c1-6-16-14(12(5)15)9-11(4)7-8-13(14)10(2)3/h10-11,13H,6-9H2,1-5H3. The van der Waals surface area contributed by atoms with E-state index in [1.54, 1.807) is 6.92 Å². The first-order chi connectivity index (χ1) is 7.44. The van der Waals surface area contributed by atoms with Gasteiger partial charge in [-0.15, -0.1) is 0 Å². The fraction of sp³-hybridized carbons (Fsp3) is 0.929. The molecule has 1 aliphatic carbocycles. The number of ether oxygens (including phenoxy) is 1. The molecule has 0 aromatic heterocycles. The SMILES string of the molecule is CCOC1(C(C)=O)CC(C)CCC1C(C)C. The Morgan fingerprint density at radius 1 is 1.44 bits per heavy atom. The summed E-state index contributed by atoms with van der Waals surface area (Å²) in [5.74, 6) is 1.73. The lowest BCUT2D eigenvalue weighted by Crippen LogP contribution is -2.52. The molecule has 0 amide bonds. The van der Waals surface area contributed by atoms with Crippen molar-refractivity contribution in [1.82, 2.24) is 0 Å². The minimum absolute atomic E-state index is 0.222. The van der Waals surface area contributed by atoms with Crippen LogP contribution < -0.4 is 0 Å². The van der Waals surface area contributed by atoms with Crippen LogP contribution >= 0.6 is 0 Å². The fourth-order valence-electron chi connectivity index (χ4n) is 3.27. The normalized spacial score (nSPS) is 35.4. The van der Waals surface area contributed by atoms with Crippen molar-refractivity contribution in [2.75, 3.05) is 6.61 Å². The Hall–Kier alpha value is -0.370. The van der Waals surface area contributed by atoms with E-state index in [0.29, 0.717) is 24.4 Å². The molecule has 3 atom stereocenters. The summed E-state index contributed by atoms with van der Waals surface area (Å²) in [5.41, 5.74) is -0.499. The molecule has 0 radical (unpaired) electrons. The van der Waals surface area contributed by atoms with Gasteiger partial charge >= 0.3 is 0 Å². The number of carbonyl (C=O) groups excluding carboxylic acids is 1. The van der Waals surface area contributed by atoms with Crippen molar-refractivity contribution in [2.24, 2.45) is 17.8 Å². The van der Waals surface area contributed by atoms with E-state index in [0.717, 1.165) is 12.8 Å². The lowest BCUT2D eigenvalue weighted by atomic mass is 9.65. The van der Waals surface area contributed by atoms with Crippen molar-refractivity contribution in [3.05, 3.63) is 0 Å². The second-order valence-corrected chi connectivity index (χ2v) is 5.62. The number of ketones is 1. The molecule has 0 aromatic rings. The van der Waals surface area contributed by atoms with Crippen molar-refractivity contribution < 1.29 is 9.53 Å². The zero-order valence-electron chi connectivity index (χ0n) is 11.4. The van der Waals surface area contributed by atoms with Gasteiger partial charge in [0.15, 0.2) is 5.78 Å². The summed E-state index contributed by atoms with van der Waals surface area (Å²) in [6, 6.07) is 0. The van der Waals surface area contributed by atoms with E-state index in [9.17, 15) is 4.79 Å². The van der Waals surface area contributed by atoms with E-state index in [-0.39, 0.29) is 5.78 Å². The van der Waals surface area contributed by atoms with Crippen LogP contribution in [-0.4, -0.2) is 18.0 Å². The van der Waals surface area contributed by atoms with Crippen molar-refractivity contribution in [2.45, 2.75) is 59.5 Å². The second-order valence-electron chi connectivity index (χ2n) is 5.62. The molecule has 0 aliphatic heterocycles. The van der Waals surface area contributed by atoms with E-state index in [1.807, 2.05) is 6.92 Å². The maximum atomic E-state index is 12.0. The van der Waals surface area contributed by atoms with Crippen molar-refractivity contribution in [1.29, 1.82) is 0 Å². The summed E-state index contributed by atoms with van der Waals surface area (Å²) >= 11 is 0. The average Bonchev–Trinajstić information content (AvgIpc) is 2.17. The van der Waals surface area contributed by atoms with Gasteiger partial charge in [-0.2, -0.15) is 0 Å². The Balaban J connectivity index is 3.00. The van der Waals surface area contributed by atoms with Gasteiger partial charge in [-0.1, -0.05) is 27.2 Å². The van der Waals surface area contributed by atoms with Gasteiger partial charge < -0.3 is 4.74 Å². The van der Waals surface area contributed by atoms with Crippen LogP contribution in [0.5, 0.6) is 0 Å². The van der Waals surface area contributed by atoms with Gasteiger partial charge in [0.1, 0.15) is 5.60 Å². The summed E-state index contributed by atoms with van der Waals surface area (Å²) in [7, 11) is 0. The zero-order chi connectivity index (χ0) is 12.3. The zero-order valence-corrected chi connectivity index (χ0v) is 11.4. The molecule has 16 heavy (non-hydrogen) atoms. The van der Waals surface area contributed by atoms with Gasteiger partial charge in [-0.25, -0.2) is 0 Å². The number of rotatable bonds is 4. The van der Waals surface area contributed by atoms with Crippen LogP contribution in [0.25, 0.3) is 0 Å². The maximum Gasteiger partial charge on any atom is 0.161 e. The Bertz CT molecular complexity index is 247. The van der Waals surface area contributed by atoms with E-state index in [2.05, 4.69) is 20.8 Å². The number of carbonyl (C=O) groups is 1. The van der Waals surface area contributed by atoms with Crippen LogP contribution in [0.3, 0.4) is 0 Å². The average molecular weight is 226 g/mol. The van der Waals surface area contributed by atoms with Gasteiger partial charge in [0, 0.05) is 6.61 Å². The Morgan fingerprint density at radius 3 is 2.50 bits per heavy atom. The number of hydrogen-bond acceptors (Lipinski definition) is 2. The smallest absolute Gasteiger partial charge is 0.161 e. The summed E-state index contributed by atoms with van der Waals surface area (Å²) < 4.78 is 5.93. The fourth-order valence-corrected chi connectivity index (χ4v) is 3.27. The predicted molar refractivity (Wildman–Crippen MR) is 66.4 cm³/mol. The van der Waals surface area contributed by atoms with Crippen LogP contribution in [0.15, 0.2) is 0 Å². The minimum atomic E-state index is -0.499. The first-order valence-electron chi connectivity index (χ1n) is 6.59. The molecule has 0 aromatic carbocycles. The maximum absolute atomic E-state index is 12.0. The predicted octanol–water partition coefficient (Wildman–Crippen LogP) is 3.44. The van der Waals surface area contributed by atoms with Crippen LogP contribution in [0.2, 0.25) is 0 Å². The quantitative estimate of drug-likeness (QED) is 0.734. The van der Waals surface area contributed by atoms with E-state index in [1.165, 1.54) is 6.42 Å². The van der Waals surface area contributed by atoms with Crippen LogP contribution in [-0.2, 0) is 9.53 Å². The van der Waals surface area contributed by atoms with Gasteiger partial charge in [-0.05, 0) is 44.4 Å². The monoisotopic (exact) mass is 226 g/mol. The molecule has 1 rings (SSSR count). The summed E-state index contributed by atoms with van der Waals surface area (Å²) in [4.78, 5) is 12.0. The van der Waals surface area contributed by atoms with Gasteiger partial charge in [0.25, 0.3) is 0 Å². The highest BCUT2D eigenvalue weighted by Gasteiger charge is 2.48. The molecule has 2 nitrogen and oxygen atoms in total. The molecule has 0 saturated heterocycles. The van der Waals surface area contributed by atoms with E-state index < -0.39 is 5.60 Å². The van der Waals surface area contributed by atoms with Gasteiger partial charge in [-0.3, -0.25) is 4.79 Å². The van der Waals surface area contributed by atoms with Gasteiger partial charge in [0.05, 0.1) is 0 Å². The molecule has 1 saturated carbocycles. The van der Waals surface area contributed by atoms with Crippen molar-refractivity contribution in [3.8, 4) is 0 Å². The topological polar surface area (TPSA) is 26.3 Å². The summed E-state index contributed by atoms with van der Waals surface area (Å²) in [6.45, 7) is 11.0. The largest absolute Gasteiger partial charge is 0.367 e. The molecular formula is C14H26O2. The third-order valence-electron chi connectivity index (χ3n) is 4.02. The van der Waals surface area contributed by atoms with Crippen LogP contribution in [0, 0.1) is 17.8 Å². The van der Waals surface area contributed by atoms with Crippen molar-refractivity contribution >= 4 is 5.78 Å². The van der Waals surface area contributed by atoms with E-state index >= 15 is 0 Å². The Kier molecular flexibility index (Phi) is 4.54. The van der Waals surface area contributed by atoms with E-state index in [4.69, 9.17) is 4.74 Å². The highest BCUT2D eigenvalue weighted by molar-refractivity contribution is 5.85. The third kappa shape index (κ3) is 2.48. The molecule has 1 fully saturated rings. The lowest BCUT2D eigenvalue weighted by molar-refractivity contribution is -0.164. The molecular weight excluding hydrogens is 200 g/mol. The molecule has 0 spiro atoms. The molecule has 3 unspecified atom stereocenters. The van der Waals surface area contributed by atoms with Crippen LogP contribution in [0.4, 0.5) is 0 Å². The number of hydrogen-bond donors (Lipinski definition) is 0. The molecule has 2 heteroatoms. The van der Waals surface area contributed by atoms with Crippen LogP contribution in [0.1, 0.15) is 53.9 Å². The summed E-state index contributed by atoms with van der Waals surface area (Å²) in [5, 5.41) is 0. The molecule has 1 aliphatic rings. The molecule has 94 valence electrons. The van der Waals surface area contributed by atoms with Gasteiger partial charge in [0.2, 0.25) is 0 Å². The Morgan fingerprint density at radius 2 is 2.06 bits per heavy atom. The molecule has 0 heterocycles. The minimum Gasteiger partial charge on any atom is -0.367 e. The number of Topliss-reactive ketones (excluding diaryl/α,β-unsaturated/α-hetero) is 1. The first kappa shape index (κ1) is 13.7. The van der Waals surface area contributed by atoms with Crippen molar-refractivity contribution in [3.63, 3.8) is 0 Å². The first-order valence-corrected chi connectivity index (χ1v) is 6.59. The highest BCUT2D eigenvalue weighted by atomic mass is 16.5. The molecule has 0 bridgehead atoms. The Labute approximate surface area is 99.8 Å². The summed E-state index contributed by atoms with van der Waals surface area (Å²) in [6.07, 6.45) is 3.25. The lowest BCUT2D eigenvalue weighted by Gasteiger charge is -2.46. The highest BCUT2D eigenvalue weighted by Crippen LogP contribution is 2.43.